The lowest BCUT2D eigenvalue weighted by atomic mass is 10.2. The van der Waals surface area contributed by atoms with Gasteiger partial charge in [-0.15, -0.1) is 0 Å². The number of ether oxygens (including phenoxy) is 1. The lowest BCUT2D eigenvalue weighted by Gasteiger charge is -2.10. The van der Waals surface area contributed by atoms with Crippen LogP contribution in [0.15, 0.2) is 0 Å². The molecule has 13 heavy (non-hydrogen) atoms. The smallest absolute Gasteiger partial charge is 0.110 e. The van der Waals surface area contributed by atoms with Gasteiger partial charge in [-0.3, -0.25) is 0 Å². The molecule has 0 amide bonds. The topological polar surface area (TPSA) is 69.9 Å². The van der Waals surface area contributed by atoms with Gasteiger partial charge in [-0.25, -0.2) is 0 Å². The van der Waals surface area contributed by atoms with E-state index in [-0.39, 0.29) is 13.2 Å². The van der Waals surface area contributed by atoms with Gasteiger partial charge in [-0.05, 0) is 0 Å². The molecule has 0 bridgehead atoms. The molecule has 4 nitrogen and oxygen atoms in total. The first-order valence-corrected chi connectivity index (χ1v) is 4.75. The van der Waals surface area contributed by atoms with Crippen molar-refractivity contribution in [3.63, 3.8) is 0 Å². The second-order valence-electron chi connectivity index (χ2n) is 3.11. The Morgan fingerprint density at radius 3 is 1.92 bits per heavy atom. The van der Waals surface area contributed by atoms with Crippen LogP contribution in [0.3, 0.4) is 0 Å². The number of rotatable bonds is 2. The summed E-state index contributed by atoms with van der Waals surface area (Å²) in [5.41, 5.74) is 0. The first-order chi connectivity index (χ1) is 6.17. The van der Waals surface area contributed by atoms with E-state index in [9.17, 15) is 0 Å². The van der Waals surface area contributed by atoms with Crippen molar-refractivity contribution < 1.29 is 20.1 Å². The van der Waals surface area contributed by atoms with E-state index in [1.165, 1.54) is 12.8 Å². The Labute approximate surface area is 79.2 Å². The predicted octanol–water partition coefficient (Wildman–Crippen LogP) is -0.0943. The molecule has 3 atom stereocenters. The number of aliphatic hydroxyl groups excluding tert-OH is 3. The summed E-state index contributed by atoms with van der Waals surface area (Å²) in [5.74, 6) is 0. The molecule has 0 aromatic carbocycles. The molecule has 0 spiro atoms. The Morgan fingerprint density at radius 1 is 1.23 bits per heavy atom. The highest BCUT2D eigenvalue weighted by molar-refractivity contribution is 4.81. The lowest BCUT2D eigenvalue weighted by Crippen LogP contribution is -2.31. The fourth-order valence-corrected chi connectivity index (χ4v) is 0.828. The van der Waals surface area contributed by atoms with Crippen molar-refractivity contribution in [1.29, 1.82) is 0 Å². The van der Waals surface area contributed by atoms with Crippen LogP contribution in [-0.2, 0) is 4.74 Å². The molecule has 4 heteroatoms. The maximum Gasteiger partial charge on any atom is 0.110 e. The Bertz CT molecular complexity index is 116. The molecule has 1 aliphatic rings. The summed E-state index contributed by atoms with van der Waals surface area (Å²) in [4.78, 5) is 0. The van der Waals surface area contributed by atoms with Crippen LogP contribution in [0, 0.1) is 0 Å². The van der Waals surface area contributed by atoms with Crippen LogP contribution in [0.1, 0.15) is 26.7 Å². The summed E-state index contributed by atoms with van der Waals surface area (Å²) in [6, 6.07) is 0. The highest BCUT2D eigenvalue weighted by atomic mass is 16.5. The molecule has 0 aromatic rings. The third kappa shape index (κ3) is 4.57. The van der Waals surface area contributed by atoms with Gasteiger partial charge < -0.3 is 20.1 Å². The summed E-state index contributed by atoms with van der Waals surface area (Å²) in [5, 5.41) is 26.2. The van der Waals surface area contributed by atoms with Crippen molar-refractivity contribution in [3.8, 4) is 0 Å². The summed E-state index contributed by atoms with van der Waals surface area (Å²) < 4.78 is 4.78. The van der Waals surface area contributed by atoms with Crippen molar-refractivity contribution in [2.75, 3.05) is 13.2 Å². The monoisotopic (exact) mass is 192 g/mol. The molecule has 1 fully saturated rings. The Balaban J connectivity index is 0.000000310. The largest absolute Gasteiger partial charge is 0.394 e. The number of aliphatic hydroxyl groups is 3. The van der Waals surface area contributed by atoms with Gasteiger partial charge >= 0.3 is 0 Å². The lowest BCUT2D eigenvalue weighted by molar-refractivity contribution is -0.00588. The Morgan fingerprint density at radius 2 is 1.77 bits per heavy atom. The molecule has 1 saturated heterocycles. The summed E-state index contributed by atoms with van der Waals surface area (Å²) in [6.45, 7) is 4.24. The Kier molecular flexibility index (Phi) is 7.17. The van der Waals surface area contributed by atoms with Gasteiger partial charge in [0.2, 0.25) is 0 Å². The van der Waals surface area contributed by atoms with E-state index in [1.807, 2.05) is 0 Å². The van der Waals surface area contributed by atoms with E-state index < -0.39 is 18.3 Å². The minimum absolute atomic E-state index is 0.117. The molecular formula is C9H20O4. The first-order valence-electron chi connectivity index (χ1n) is 4.75. The molecule has 0 unspecified atom stereocenters. The van der Waals surface area contributed by atoms with Crippen molar-refractivity contribution in [3.05, 3.63) is 0 Å². The minimum atomic E-state index is -0.921. The second kappa shape index (κ2) is 7.26. The maximum absolute atomic E-state index is 8.92. The standard InChI is InChI=1S/C5H10O4.C4H10/c6-1-4-5(8)3(7)2-9-4;1-3-4-2/h3-8H,1-2H2;3-4H2,1-2H3/t3-,4+,5+;/m0./s1. The molecule has 1 heterocycles. The maximum atomic E-state index is 8.92. The van der Waals surface area contributed by atoms with Crippen LogP contribution in [0.25, 0.3) is 0 Å². The van der Waals surface area contributed by atoms with Crippen molar-refractivity contribution >= 4 is 0 Å². The first kappa shape index (κ1) is 12.8. The Hall–Kier alpha value is -0.160. The van der Waals surface area contributed by atoms with E-state index >= 15 is 0 Å². The molecule has 0 saturated carbocycles. The van der Waals surface area contributed by atoms with Crippen LogP contribution in [0.2, 0.25) is 0 Å². The third-order valence-electron chi connectivity index (χ3n) is 1.94. The average molecular weight is 192 g/mol. The predicted molar refractivity (Wildman–Crippen MR) is 49.4 cm³/mol. The molecule has 3 N–H and O–H groups in total. The quantitative estimate of drug-likeness (QED) is 0.571. The molecule has 1 aliphatic heterocycles. The fourth-order valence-electron chi connectivity index (χ4n) is 0.828. The zero-order chi connectivity index (χ0) is 10.3. The van der Waals surface area contributed by atoms with Gasteiger partial charge in [-0.1, -0.05) is 26.7 Å². The van der Waals surface area contributed by atoms with Crippen LogP contribution in [-0.4, -0.2) is 46.8 Å². The second-order valence-corrected chi connectivity index (χ2v) is 3.11. The van der Waals surface area contributed by atoms with Crippen molar-refractivity contribution in [2.45, 2.75) is 45.0 Å². The van der Waals surface area contributed by atoms with Crippen LogP contribution >= 0.6 is 0 Å². The highest BCUT2D eigenvalue weighted by Crippen LogP contribution is 2.12. The summed E-state index contributed by atoms with van der Waals surface area (Å²) in [6.07, 6.45) is 0.289. The third-order valence-corrected chi connectivity index (χ3v) is 1.94. The summed E-state index contributed by atoms with van der Waals surface area (Å²) in [7, 11) is 0. The van der Waals surface area contributed by atoms with Gasteiger partial charge in [0, 0.05) is 0 Å². The number of hydrogen-bond acceptors (Lipinski definition) is 4. The van der Waals surface area contributed by atoms with Gasteiger partial charge in [0.1, 0.15) is 18.3 Å². The van der Waals surface area contributed by atoms with E-state index in [0.29, 0.717) is 0 Å². The van der Waals surface area contributed by atoms with Crippen molar-refractivity contribution in [1.82, 2.24) is 0 Å². The fraction of sp³-hybridized carbons (Fsp3) is 1.00. The molecular weight excluding hydrogens is 172 g/mol. The molecule has 1 rings (SSSR count). The van der Waals surface area contributed by atoms with Crippen molar-refractivity contribution in [2.24, 2.45) is 0 Å². The van der Waals surface area contributed by atoms with Gasteiger partial charge in [0.05, 0.1) is 13.2 Å². The normalized spacial score (nSPS) is 32.5. The van der Waals surface area contributed by atoms with E-state index in [1.54, 1.807) is 0 Å². The molecule has 0 aromatic heterocycles. The van der Waals surface area contributed by atoms with E-state index in [2.05, 4.69) is 13.8 Å². The van der Waals surface area contributed by atoms with E-state index in [4.69, 9.17) is 20.1 Å². The molecule has 0 aliphatic carbocycles. The van der Waals surface area contributed by atoms with Gasteiger partial charge in [-0.2, -0.15) is 0 Å². The van der Waals surface area contributed by atoms with Crippen LogP contribution in [0.5, 0.6) is 0 Å². The molecule has 80 valence electrons. The van der Waals surface area contributed by atoms with E-state index in [0.717, 1.165) is 0 Å². The minimum Gasteiger partial charge on any atom is -0.394 e. The number of unbranched alkanes of at least 4 members (excludes halogenated alkanes) is 1. The zero-order valence-electron chi connectivity index (χ0n) is 8.31. The van der Waals surface area contributed by atoms with Crippen LogP contribution < -0.4 is 0 Å². The summed E-state index contributed by atoms with van der Waals surface area (Å²) >= 11 is 0. The van der Waals surface area contributed by atoms with Crippen LogP contribution in [0.4, 0.5) is 0 Å². The average Bonchev–Trinajstić information content (AvgIpc) is 2.48. The molecule has 0 radical (unpaired) electrons. The zero-order valence-corrected chi connectivity index (χ0v) is 8.31. The number of hydrogen-bond donors (Lipinski definition) is 3. The van der Waals surface area contributed by atoms with Gasteiger partial charge in [0.25, 0.3) is 0 Å². The van der Waals surface area contributed by atoms with Gasteiger partial charge in [0.15, 0.2) is 0 Å². The highest BCUT2D eigenvalue weighted by Gasteiger charge is 2.33. The SMILES string of the molecule is CCCC.OC[C@H]1OC[C@H](O)[C@H]1O.